The highest BCUT2D eigenvalue weighted by Crippen LogP contribution is 2.20. The summed E-state index contributed by atoms with van der Waals surface area (Å²) in [6.07, 6.45) is 2.72. The zero-order valence-electron chi connectivity index (χ0n) is 11.5. The van der Waals surface area contributed by atoms with Gasteiger partial charge in [0.1, 0.15) is 6.04 Å². The van der Waals surface area contributed by atoms with Gasteiger partial charge in [0.2, 0.25) is 5.65 Å². The zero-order valence-corrected chi connectivity index (χ0v) is 11.5. The topological polar surface area (TPSA) is 110 Å². The largest absolute Gasteiger partial charge is 0.480 e. The number of carbonyl (C=O) groups is 1. The third kappa shape index (κ3) is 3.16. The predicted octanol–water partition coefficient (Wildman–Crippen LogP) is 1.59. The first-order valence-electron chi connectivity index (χ1n) is 6.61. The van der Waals surface area contributed by atoms with Gasteiger partial charge >= 0.3 is 11.8 Å². The first-order valence-corrected chi connectivity index (χ1v) is 6.61. The first kappa shape index (κ1) is 14.9. The lowest BCUT2D eigenvalue weighted by atomic mass is 10.1. The molecule has 0 spiro atoms. The van der Waals surface area contributed by atoms with Gasteiger partial charge in [0.15, 0.2) is 5.69 Å². The van der Waals surface area contributed by atoms with Crippen molar-refractivity contribution in [2.45, 2.75) is 32.4 Å². The number of aromatic nitrogens is 2. The first-order chi connectivity index (χ1) is 10.0. The lowest BCUT2D eigenvalue weighted by molar-refractivity contribution is -0.391. The predicted molar refractivity (Wildman–Crippen MR) is 75.0 cm³/mol. The normalized spacial score (nSPS) is 12.4. The number of hydrogen-bond donors (Lipinski definition) is 2. The maximum atomic E-state index is 11.2. The average molecular weight is 292 g/mol. The van der Waals surface area contributed by atoms with Crippen LogP contribution >= 0.6 is 0 Å². The van der Waals surface area contributed by atoms with Crippen molar-refractivity contribution >= 4 is 17.4 Å². The van der Waals surface area contributed by atoms with Crippen LogP contribution in [-0.2, 0) is 11.3 Å². The summed E-state index contributed by atoms with van der Waals surface area (Å²) in [5.41, 5.74) is 0.692. The van der Waals surface area contributed by atoms with Crippen molar-refractivity contribution in [2.75, 3.05) is 0 Å². The van der Waals surface area contributed by atoms with Crippen molar-refractivity contribution in [3.8, 4) is 0 Å². The smallest absolute Gasteiger partial charge is 0.352 e. The molecular weight excluding hydrogens is 276 g/mol. The van der Waals surface area contributed by atoms with E-state index in [1.165, 1.54) is 4.40 Å². The molecule has 0 amide bonds. The highest BCUT2D eigenvalue weighted by molar-refractivity contribution is 5.73. The molecule has 8 heteroatoms. The van der Waals surface area contributed by atoms with Gasteiger partial charge < -0.3 is 15.2 Å². The summed E-state index contributed by atoms with van der Waals surface area (Å²) in [6, 6.07) is 4.34. The number of nitrogens with one attached hydrogen (secondary N) is 1. The summed E-state index contributed by atoms with van der Waals surface area (Å²) in [6.45, 7) is 1.92. The van der Waals surface area contributed by atoms with E-state index in [0.29, 0.717) is 18.5 Å². The number of carboxylic acids is 1. The van der Waals surface area contributed by atoms with Gasteiger partial charge in [-0.05, 0) is 17.4 Å². The van der Waals surface area contributed by atoms with Crippen LogP contribution in [0.2, 0.25) is 0 Å². The SMILES string of the molecule is CCCC(NCc1nc2ccccn2c1[N+](=O)[O-])C(=O)O. The number of carboxylic acid groups (broad SMARTS) is 1. The van der Waals surface area contributed by atoms with E-state index in [0.717, 1.165) is 0 Å². The number of pyridine rings is 1. The number of aliphatic carboxylic acids is 1. The van der Waals surface area contributed by atoms with Gasteiger partial charge in [0.05, 0.1) is 6.20 Å². The monoisotopic (exact) mass is 292 g/mol. The molecule has 2 aromatic heterocycles. The van der Waals surface area contributed by atoms with Crippen LogP contribution in [0, 0.1) is 10.1 Å². The molecule has 112 valence electrons. The molecule has 0 aromatic carbocycles. The molecule has 0 fully saturated rings. The number of rotatable bonds is 7. The Morgan fingerprint density at radius 2 is 2.33 bits per heavy atom. The second-order valence-corrected chi connectivity index (χ2v) is 4.63. The fourth-order valence-corrected chi connectivity index (χ4v) is 2.16. The maximum absolute atomic E-state index is 11.2. The van der Waals surface area contributed by atoms with E-state index in [1.54, 1.807) is 24.4 Å². The Labute approximate surface area is 120 Å². The molecule has 0 bridgehead atoms. The Bertz CT molecular complexity index is 667. The summed E-state index contributed by atoms with van der Waals surface area (Å²) in [4.78, 5) is 26.0. The number of nitrogens with zero attached hydrogens (tertiary/aromatic N) is 3. The van der Waals surface area contributed by atoms with E-state index in [-0.39, 0.29) is 18.1 Å². The summed E-state index contributed by atoms with van der Waals surface area (Å²) in [5, 5.41) is 23.1. The summed E-state index contributed by atoms with van der Waals surface area (Å²) in [7, 11) is 0. The van der Waals surface area contributed by atoms with E-state index in [4.69, 9.17) is 5.11 Å². The molecule has 2 heterocycles. The fourth-order valence-electron chi connectivity index (χ4n) is 2.16. The third-order valence-corrected chi connectivity index (χ3v) is 3.14. The highest BCUT2D eigenvalue weighted by Gasteiger charge is 2.24. The second-order valence-electron chi connectivity index (χ2n) is 4.63. The number of imidazole rings is 1. The zero-order chi connectivity index (χ0) is 15.4. The lowest BCUT2D eigenvalue weighted by Crippen LogP contribution is -2.36. The lowest BCUT2D eigenvalue weighted by Gasteiger charge is -2.11. The molecule has 0 radical (unpaired) electrons. The molecule has 2 N–H and O–H groups in total. The van der Waals surface area contributed by atoms with Crippen LogP contribution in [0.25, 0.3) is 5.65 Å². The van der Waals surface area contributed by atoms with Crippen molar-refractivity contribution in [1.29, 1.82) is 0 Å². The second kappa shape index (κ2) is 6.31. The van der Waals surface area contributed by atoms with Crippen LogP contribution in [0.15, 0.2) is 24.4 Å². The summed E-state index contributed by atoms with van der Waals surface area (Å²) >= 11 is 0. The van der Waals surface area contributed by atoms with E-state index < -0.39 is 16.9 Å². The molecule has 0 aliphatic rings. The van der Waals surface area contributed by atoms with Crippen LogP contribution < -0.4 is 5.32 Å². The van der Waals surface area contributed by atoms with Crippen LogP contribution in [0.3, 0.4) is 0 Å². The van der Waals surface area contributed by atoms with Crippen molar-refractivity contribution < 1.29 is 14.8 Å². The van der Waals surface area contributed by atoms with Crippen molar-refractivity contribution in [3.63, 3.8) is 0 Å². The molecule has 0 aliphatic heterocycles. The summed E-state index contributed by atoms with van der Waals surface area (Å²) < 4.78 is 1.38. The summed E-state index contributed by atoms with van der Waals surface area (Å²) in [5.74, 6) is -1.11. The number of nitro groups is 1. The van der Waals surface area contributed by atoms with Gasteiger partial charge in [-0.2, -0.15) is 4.40 Å². The molecular formula is C13H16N4O4. The highest BCUT2D eigenvalue weighted by atomic mass is 16.6. The molecule has 8 nitrogen and oxygen atoms in total. The minimum atomic E-state index is -0.969. The van der Waals surface area contributed by atoms with Crippen molar-refractivity contribution in [3.05, 3.63) is 40.2 Å². The quantitative estimate of drug-likeness (QED) is 0.592. The maximum Gasteiger partial charge on any atom is 0.352 e. The Kier molecular flexibility index (Phi) is 4.49. The Morgan fingerprint density at radius 3 is 2.95 bits per heavy atom. The Morgan fingerprint density at radius 1 is 1.57 bits per heavy atom. The van der Waals surface area contributed by atoms with Gasteiger partial charge in [0.25, 0.3) is 0 Å². The van der Waals surface area contributed by atoms with E-state index in [2.05, 4.69) is 10.3 Å². The third-order valence-electron chi connectivity index (χ3n) is 3.14. The standard InChI is InChI=1S/C13H16N4O4/c1-2-5-9(13(18)19)14-8-10-12(17(20)21)16-7-4-3-6-11(16)15-10/h3-4,6-7,9,14H,2,5,8H2,1H3,(H,18,19). The molecule has 2 rings (SSSR count). The molecule has 0 saturated carbocycles. The van der Waals surface area contributed by atoms with Gasteiger partial charge in [-0.3, -0.25) is 10.1 Å². The van der Waals surface area contributed by atoms with E-state index in [1.807, 2.05) is 6.92 Å². The number of fused-ring (bicyclic) bond motifs is 1. The van der Waals surface area contributed by atoms with Crippen LogP contribution in [0.1, 0.15) is 25.5 Å². The van der Waals surface area contributed by atoms with Crippen LogP contribution in [0.5, 0.6) is 0 Å². The van der Waals surface area contributed by atoms with Crippen LogP contribution in [-0.4, -0.2) is 31.4 Å². The van der Waals surface area contributed by atoms with E-state index >= 15 is 0 Å². The molecule has 0 saturated heterocycles. The average Bonchev–Trinajstić information content (AvgIpc) is 2.81. The molecule has 21 heavy (non-hydrogen) atoms. The van der Waals surface area contributed by atoms with Gasteiger partial charge in [-0.1, -0.05) is 19.4 Å². The van der Waals surface area contributed by atoms with Crippen molar-refractivity contribution in [2.24, 2.45) is 0 Å². The number of hydrogen-bond acceptors (Lipinski definition) is 5. The molecule has 1 unspecified atom stereocenters. The molecule has 1 atom stereocenters. The van der Waals surface area contributed by atoms with E-state index in [9.17, 15) is 14.9 Å². The minimum Gasteiger partial charge on any atom is -0.480 e. The van der Waals surface area contributed by atoms with Gasteiger partial charge in [-0.15, -0.1) is 0 Å². The van der Waals surface area contributed by atoms with Gasteiger partial charge in [-0.25, -0.2) is 4.98 Å². The Hall–Kier alpha value is -2.48. The fraction of sp³-hybridized carbons (Fsp3) is 0.385. The van der Waals surface area contributed by atoms with Crippen LogP contribution in [0.4, 0.5) is 5.82 Å². The minimum absolute atomic E-state index is 0.0367. The molecule has 0 aliphatic carbocycles. The van der Waals surface area contributed by atoms with Gasteiger partial charge in [0, 0.05) is 12.6 Å². The molecule has 2 aromatic rings. The van der Waals surface area contributed by atoms with Crippen molar-refractivity contribution in [1.82, 2.24) is 14.7 Å². The Balaban J connectivity index is 2.27.